The first-order valence-corrected chi connectivity index (χ1v) is 9.08. The molecule has 0 bridgehead atoms. The third kappa shape index (κ3) is 3.40. The molecule has 2 atom stereocenters. The lowest BCUT2D eigenvalue weighted by atomic mass is 9.85. The molecule has 0 saturated carbocycles. The first-order chi connectivity index (χ1) is 13.6. The second-order valence-corrected chi connectivity index (χ2v) is 6.94. The molecule has 2 heterocycles. The number of carbonyl (C=O) groups excluding carboxylic acids is 1. The fourth-order valence-corrected chi connectivity index (χ4v) is 3.80. The van der Waals surface area contributed by atoms with Crippen LogP contribution in [0, 0.1) is 11.8 Å². The van der Waals surface area contributed by atoms with Crippen LogP contribution in [0.15, 0.2) is 30.3 Å². The number of aromatic hydroxyl groups is 1. The van der Waals surface area contributed by atoms with Crippen molar-refractivity contribution in [1.29, 1.82) is 0 Å². The zero-order valence-corrected chi connectivity index (χ0v) is 15.8. The summed E-state index contributed by atoms with van der Waals surface area (Å²) < 4.78 is 26.6. The van der Waals surface area contributed by atoms with Gasteiger partial charge in [0.15, 0.2) is 23.0 Å². The van der Waals surface area contributed by atoms with Crippen molar-refractivity contribution >= 4 is 5.97 Å². The van der Waals surface area contributed by atoms with Gasteiger partial charge in [-0.1, -0.05) is 6.07 Å². The minimum absolute atomic E-state index is 0.0180. The zero-order valence-electron chi connectivity index (χ0n) is 15.8. The summed E-state index contributed by atoms with van der Waals surface area (Å²) in [6.45, 7) is 0.604. The lowest BCUT2D eigenvalue weighted by Gasteiger charge is -2.17. The number of esters is 1. The normalized spacial score (nSPS) is 20.1. The van der Waals surface area contributed by atoms with Crippen LogP contribution >= 0.6 is 0 Å². The molecule has 0 aromatic heterocycles. The van der Waals surface area contributed by atoms with E-state index in [1.807, 2.05) is 18.2 Å². The van der Waals surface area contributed by atoms with Crippen molar-refractivity contribution in [2.24, 2.45) is 11.8 Å². The van der Waals surface area contributed by atoms with E-state index in [2.05, 4.69) is 0 Å². The molecule has 2 aliphatic heterocycles. The Bertz CT molecular complexity index is 893. The molecule has 1 N–H and O–H groups in total. The Morgan fingerprint density at radius 3 is 2.61 bits per heavy atom. The number of carbonyl (C=O) groups is 1. The van der Waals surface area contributed by atoms with Gasteiger partial charge >= 0.3 is 5.97 Å². The monoisotopic (exact) mass is 386 g/mol. The molecule has 2 aliphatic rings. The molecular formula is C21H22O7. The second kappa shape index (κ2) is 7.50. The highest BCUT2D eigenvalue weighted by Gasteiger charge is 2.37. The Morgan fingerprint density at radius 2 is 1.82 bits per heavy atom. The molecule has 7 heteroatoms. The van der Waals surface area contributed by atoms with E-state index in [0.29, 0.717) is 25.2 Å². The zero-order chi connectivity index (χ0) is 19.7. The van der Waals surface area contributed by atoms with E-state index in [9.17, 15) is 9.90 Å². The number of benzene rings is 2. The van der Waals surface area contributed by atoms with E-state index in [-0.39, 0.29) is 36.1 Å². The Hall–Kier alpha value is -3.09. The summed E-state index contributed by atoms with van der Waals surface area (Å²) >= 11 is 0. The Morgan fingerprint density at radius 1 is 1.00 bits per heavy atom. The molecule has 0 unspecified atom stereocenters. The molecule has 2 aromatic rings. The first-order valence-electron chi connectivity index (χ1n) is 9.08. The average molecular weight is 386 g/mol. The van der Waals surface area contributed by atoms with Crippen LogP contribution in [0.3, 0.4) is 0 Å². The van der Waals surface area contributed by atoms with Crippen molar-refractivity contribution < 1.29 is 33.6 Å². The van der Waals surface area contributed by atoms with E-state index >= 15 is 0 Å². The Kier molecular flexibility index (Phi) is 4.90. The van der Waals surface area contributed by atoms with Crippen LogP contribution in [0.25, 0.3) is 0 Å². The highest BCUT2D eigenvalue weighted by molar-refractivity contribution is 5.75. The molecule has 4 rings (SSSR count). The predicted molar refractivity (Wildman–Crippen MR) is 99.1 cm³/mol. The summed E-state index contributed by atoms with van der Waals surface area (Å²) in [5, 5.41) is 10.2. The van der Waals surface area contributed by atoms with Crippen LogP contribution in [-0.2, 0) is 22.4 Å². The standard InChI is InChI=1S/C21H22O7/c1-24-19-9-13(7-16(22)20(19)25-2)6-15-14(10-26-21(15)23)5-12-3-4-17-18(8-12)28-11-27-17/h3-4,7-9,14-15,22H,5-6,10-11H2,1-2H3/t14-,15+/m0/s1. The van der Waals surface area contributed by atoms with Gasteiger partial charge in [-0.15, -0.1) is 0 Å². The maximum absolute atomic E-state index is 12.3. The topological polar surface area (TPSA) is 83.5 Å². The van der Waals surface area contributed by atoms with Gasteiger partial charge in [-0.2, -0.15) is 0 Å². The van der Waals surface area contributed by atoms with Gasteiger partial charge in [0, 0.05) is 5.92 Å². The molecule has 0 spiro atoms. The lowest BCUT2D eigenvalue weighted by molar-refractivity contribution is -0.141. The number of cyclic esters (lactones) is 1. The predicted octanol–water partition coefficient (Wildman–Crippen LogP) is 2.71. The highest BCUT2D eigenvalue weighted by atomic mass is 16.7. The van der Waals surface area contributed by atoms with Crippen molar-refractivity contribution in [2.75, 3.05) is 27.6 Å². The third-order valence-electron chi connectivity index (χ3n) is 5.22. The number of hydrogen-bond acceptors (Lipinski definition) is 7. The number of phenolic OH excluding ortho intramolecular Hbond substituents is 1. The van der Waals surface area contributed by atoms with Gasteiger partial charge in [-0.05, 0) is 48.2 Å². The van der Waals surface area contributed by atoms with Crippen molar-refractivity contribution in [3.8, 4) is 28.7 Å². The van der Waals surface area contributed by atoms with Gasteiger partial charge in [-0.25, -0.2) is 0 Å². The van der Waals surface area contributed by atoms with Crippen LogP contribution in [0.2, 0.25) is 0 Å². The van der Waals surface area contributed by atoms with Gasteiger partial charge in [0.25, 0.3) is 0 Å². The third-order valence-corrected chi connectivity index (χ3v) is 5.22. The molecule has 0 amide bonds. The number of methoxy groups -OCH3 is 2. The van der Waals surface area contributed by atoms with Gasteiger partial charge in [0.05, 0.1) is 26.7 Å². The largest absolute Gasteiger partial charge is 0.504 e. The van der Waals surface area contributed by atoms with Crippen molar-refractivity contribution in [1.82, 2.24) is 0 Å². The maximum Gasteiger partial charge on any atom is 0.309 e. The van der Waals surface area contributed by atoms with E-state index in [4.69, 9.17) is 23.7 Å². The SMILES string of the molecule is COc1cc(C[C@H]2C(=O)OC[C@@H]2Cc2ccc3c(c2)OCO3)cc(O)c1OC. The van der Waals surface area contributed by atoms with E-state index in [1.165, 1.54) is 14.2 Å². The van der Waals surface area contributed by atoms with Crippen LogP contribution < -0.4 is 18.9 Å². The van der Waals surface area contributed by atoms with Crippen molar-refractivity contribution in [2.45, 2.75) is 12.8 Å². The molecule has 7 nitrogen and oxygen atoms in total. The Balaban J connectivity index is 1.53. The molecule has 148 valence electrons. The molecule has 28 heavy (non-hydrogen) atoms. The van der Waals surface area contributed by atoms with Gasteiger partial charge < -0.3 is 28.8 Å². The molecule has 1 saturated heterocycles. The minimum Gasteiger partial charge on any atom is -0.504 e. The molecular weight excluding hydrogens is 364 g/mol. The number of rotatable bonds is 6. The van der Waals surface area contributed by atoms with Crippen LogP contribution in [0.4, 0.5) is 0 Å². The number of fused-ring (bicyclic) bond motifs is 1. The fraction of sp³-hybridized carbons (Fsp3) is 0.381. The smallest absolute Gasteiger partial charge is 0.309 e. The summed E-state index contributed by atoms with van der Waals surface area (Å²) in [7, 11) is 2.97. The van der Waals surface area contributed by atoms with Crippen molar-refractivity contribution in [3.05, 3.63) is 41.5 Å². The van der Waals surface area contributed by atoms with Gasteiger partial charge in [0.2, 0.25) is 12.5 Å². The summed E-state index contributed by atoms with van der Waals surface area (Å²) in [6.07, 6.45) is 1.13. The Labute approximate surface area is 162 Å². The van der Waals surface area contributed by atoms with Gasteiger partial charge in [0.1, 0.15) is 0 Å². The number of ether oxygens (including phenoxy) is 5. The first kappa shape index (κ1) is 18.3. The summed E-state index contributed by atoms with van der Waals surface area (Å²) in [4.78, 5) is 12.3. The summed E-state index contributed by atoms with van der Waals surface area (Å²) in [6, 6.07) is 9.20. The van der Waals surface area contributed by atoms with Crippen LogP contribution in [-0.4, -0.2) is 38.7 Å². The van der Waals surface area contributed by atoms with Crippen LogP contribution in [0.1, 0.15) is 11.1 Å². The molecule has 0 aliphatic carbocycles. The quantitative estimate of drug-likeness (QED) is 0.764. The molecule has 2 aromatic carbocycles. The van der Waals surface area contributed by atoms with E-state index in [0.717, 1.165) is 22.6 Å². The van der Waals surface area contributed by atoms with Crippen LogP contribution in [0.5, 0.6) is 28.7 Å². The van der Waals surface area contributed by atoms with E-state index in [1.54, 1.807) is 12.1 Å². The fourth-order valence-electron chi connectivity index (χ4n) is 3.80. The number of hydrogen-bond donors (Lipinski definition) is 1. The molecule has 0 radical (unpaired) electrons. The summed E-state index contributed by atoms with van der Waals surface area (Å²) in [5.74, 6) is 1.65. The molecule has 1 fully saturated rings. The summed E-state index contributed by atoms with van der Waals surface area (Å²) in [5.41, 5.74) is 1.85. The van der Waals surface area contributed by atoms with E-state index < -0.39 is 0 Å². The van der Waals surface area contributed by atoms with Gasteiger partial charge in [-0.3, -0.25) is 4.79 Å². The minimum atomic E-state index is -0.303. The second-order valence-electron chi connectivity index (χ2n) is 6.94. The highest BCUT2D eigenvalue weighted by Crippen LogP contribution is 2.40. The number of phenols is 1. The average Bonchev–Trinajstić information content (AvgIpc) is 3.29. The van der Waals surface area contributed by atoms with Crippen molar-refractivity contribution in [3.63, 3.8) is 0 Å². The maximum atomic E-state index is 12.3. The lowest BCUT2D eigenvalue weighted by Crippen LogP contribution is -2.20.